The van der Waals surface area contributed by atoms with Gasteiger partial charge in [-0.1, -0.05) is 37.5 Å². The van der Waals surface area contributed by atoms with Crippen molar-refractivity contribution < 1.29 is 0 Å². The highest BCUT2D eigenvalue weighted by Crippen LogP contribution is 2.29. The number of nitrogens with two attached hydrogens (primary N) is 1. The first-order chi connectivity index (χ1) is 9.27. The van der Waals surface area contributed by atoms with Crippen molar-refractivity contribution in [3.63, 3.8) is 0 Å². The maximum absolute atomic E-state index is 6.52. The lowest BCUT2D eigenvalue weighted by Gasteiger charge is -2.33. The van der Waals surface area contributed by atoms with E-state index in [4.69, 9.17) is 5.73 Å². The van der Waals surface area contributed by atoms with Crippen molar-refractivity contribution in [3.8, 4) is 5.69 Å². The molecule has 1 heterocycles. The summed E-state index contributed by atoms with van der Waals surface area (Å²) in [5.74, 6) is 0.968. The van der Waals surface area contributed by atoms with E-state index >= 15 is 0 Å². The summed E-state index contributed by atoms with van der Waals surface area (Å²) in [4.78, 5) is 0. The maximum Gasteiger partial charge on any atom is 0.139 e. The molecule has 19 heavy (non-hydrogen) atoms. The molecule has 2 N–H and O–H groups in total. The molecule has 0 bridgehead atoms. The van der Waals surface area contributed by atoms with Gasteiger partial charge in [-0.15, -0.1) is 10.2 Å². The van der Waals surface area contributed by atoms with E-state index in [2.05, 4.69) is 22.3 Å². The fourth-order valence-electron chi connectivity index (χ4n) is 2.93. The minimum Gasteiger partial charge on any atom is -0.325 e. The second-order valence-electron chi connectivity index (χ2n) is 5.55. The van der Waals surface area contributed by atoms with Gasteiger partial charge in [0.1, 0.15) is 12.2 Å². The molecule has 1 aliphatic rings. The van der Waals surface area contributed by atoms with Gasteiger partial charge in [-0.2, -0.15) is 0 Å². The van der Waals surface area contributed by atoms with Crippen LogP contribution in [-0.4, -0.2) is 20.3 Å². The van der Waals surface area contributed by atoms with Crippen LogP contribution in [0.5, 0.6) is 0 Å². The molecule has 0 unspecified atom stereocenters. The zero-order valence-electron chi connectivity index (χ0n) is 11.1. The monoisotopic (exact) mass is 256 g/mol. The molecule has 1 aromatic carbocycles. The molecule has 0 saturated heterocycles. The Morgan fingerprint density at radius 1 is 1.11 bits per heavy atom. The highest BCUT2D eigenvalue weighted by molar-refractivity contribution is 5.32. The third kappa shape index (κ3) is 2.68. The van der Waals surface area contributed by atoms with Gasteiger partial charge in [0.15, 0.2) is 0 Å². The summed E-state index contributed by atoms with van der Waals surface area (Å²) in [5, 5.41) is 8.32. The van der Waals surface area contributed by atoms with Gasteiger partial charge in [-0.05, 0) is 25.0 Å². The number of hydrogen-bond donors (Lipinski definition) is 1. The smallest absolute Gasteiger partial charge is 0.139 e. The zero-order chi connectivity index (χ0) is 13.1. The Bertz CT molecular complexity index is 526. The summed E-state index contributed by atoms with van der Waals surface area (Å²) in [7, 11) is 0. The van der Waals surface area contributed by atoms with E-state index in [1.165, 1.54) is 19.3 Å². The third-order valence-corrected chi connectivity index (χ3v) is 4.01. The Morgan fingerprint density at radius 2 is 1.84 bits per heavy atom. The van der Waals surface area contributed by atoms with Crippen molar-refractivity contribution in [1.29, 1.82) is 0 Å². The van der Waals surface area contributed by atoms with Gasteiger partial charge in [0.05, 0.1) is 0 Å². The van der Waals surface area contributed by atoms with E-state index in [0.717, 1.165) is 30.8 Å². The van der Waals surface area contributed by atoms with E-state index in [-0.39, 0.29) is 5.54 Å². The average Bonchev–Trinajstić information content (AvgIpc) is 2.88. The number of aromatic nitrogens is 3. The SMILES string of the molecule is NC1(Cc2nncn2-c2ccccc2)CCCCC1. The minimum absolute atomic E-state index is 0.0994. The molecule has 4 nitrogen and oxygen atoms in total. The Balaban J connectivity index is 1.84. The van der Waals surface area contributed by atoms with Crippen molar-refractivity contribution >= 4 is 0 Å². The number of nitrogens with zero attached hydrogens (tertiary/aromatic N) is 3. The molecule has 1 saturated carbocycles. The van der Waals surface area contributed by atoms with Crippen LogP contribution in [0.25, 0.3) is 5.69 Å². The summed E-state index contributed by atoms with van der Waals surface area (Å²) >= 11 is 0. The zero-order valence-corrected chi connectivity index (χ0v) is 11.1. The van der Waals surface area contributed by atoms with Gasteiger partial charge in [0, 0.05) is 17.6 Å². The van der Waals surface area contributed by atoms with Gasteiger partial charge in [0.2, 0.25) is 0 Å². The lowest BCUT2D eigenvalue weighted by molar-refractivity contribution is 0.288. The number of hydrogen-bond acceptors (Lipinski definition) is 3. The standard InChI is InChI=1S/C15H20N4/c16-15(9-5-2-6-10-15)11-14-18-17-12-19(14)13-7-3-1-4-8-13/h1,3-4,7-8,12H,2,5-6,9-11,16H2. The van der Waals surface area contributed by atoms with Crippen LogP contribution < -0.4 is 5.73 Å². The fourth-order valence-corrected chi connectivity index (χ4v) is 2.93. The summed E-state index contributed by atoms with van der Waals surface area (Å²) < 4.78 is 2.04. The molecule has 0 spiro atoms. The van der Waals surface area contributed by atoms with Crippen LogP contribution in [0.15, 0.2) is 36.7 Å². The third-order valence-electron chi connectivity index (χ3n) is 4.01. The van der Waals surface area contributed by atoms with Crippen molar-refractivity contribution in [2.45, 2.75) is 44.1 Å². The Kier molecular flexibility index (Phi) is 3.34. The lowest BCUT2D eigenvalue weighted by Crippen LogP contribution is -2.44. The van der Waals surface area contributed by atoms with Crippen molar-refractivity contribution in [2.24, 2.45) is 5.73 Å². The molecular weight excluding hydrogens is 236 g/mol. The van der Waals surface area contributed by atoms with Crippen molar-refractivity contribution in [3.05, 3.63) is 42.5 Å². The maximum atomic E-state index is 6.52. The fraction of sp³-hybridized carbons (Fsp3) is 0.467. The van der Waals surface area contributed by atoms with Gasteiger partial charge >= 0.3 is 0 Å². The highest BCUT2D eigenvalue weighted by atomic mass is 15.3. The number of para-hydroxylation sites is 1. The summed E-state index contributed by atoms with van der Waals surface area (Å²) in [6, 6.07) is 10.2. The molecule has 1 fully saturated rings. The van der Waals surface area contributed by atoms with Crippen LogP contribution in [-0.2, 0) is 6.42 Å². The van der Waals surface area contributed by atoms with E-state index in [1.807, 2.05) is 22.8 Å². The van der Waals surface area contributed by atoms with Crippen molar-refractivity contribution in [1.82, 2.24) is 14.8 Å². The topological polar surface area (TPSA) is 56.7 Å². The highest BCUT2D eigenvalue weighted by Gasteiger charge is 2.29. The van der Waals surface area contributed by atoms with Crippen LogP contribution in [0.2, 0.25) is 0 Å². The van der Waals surface area contributed by atoms with E-state index in [9.17, 15) is 0 Å². The predicted octanol–water partition coefficient (Wildman–Crippen LogP) is 2.47. The first-order valence-corrected chi connectivity index (χ1v) is 7.00. The summed E-state index contributed by atoms with van der Waals surface area (Å²) in [6.45, 7) is 0. The van der Waals surface area contributed by atoms with Crippen LogP contribution in [0.4, 0.5) is 0 Å². The molecule has 0 amide bonds. The molecule has 1 aromatic heterocycles. The first kappa shape index (κ1) is 12.4. The average molecular weight is 256 g/mol. The molecule has 2 aromatic rings. The van der Waals surface area contributed by atoms with Crippen LogP contribution >= 0.6 is 0 Å². The van der Waals surface area contributed by atoms with Crippen LogP contribution in [0, 0.1) is 0 Å². The second kappa shape index (κ2) is 5.13. The minimum atomic E-state index is -0.0994. The van der Waals surface area contributed by atoms with Gasteiger partial charge in [-0.25, -0.2) is 0 Å². The molecule has 4 heteroatoms. The molecule has 3 rings (SSSR count). The molecule has 100 valence electrons. The second-order valence-corrected chi connectivity index (χ2v) is 5.55. The predicted molar refractivity (Wildman–Crippen MR) is 75.1 cm³/mol. The van der Waals surface area contributed by atoms with Gasteiger partial charge in [0.25, 0.3) is 0 Å². The van der Waals surface area contributed by atoms with Gasteiger partial charge < -0.3 is 5.73 Å². The molecule has 0 aliphatic heterocycles. The molecule has 1 aliphatic carbocycles. The van der Waals surface area contributed by atoms with E-state index < -0.39 is 0 Å². The Hall–Kier alpha value is -1.68. The quantitative estimate of drug-likeness (QED) is 0.917. The Morgan fingerprint density at radius 3 is 2.58 bits per heavy atom. The Labute approximate surface area is 113 Å². The summed E-state index contributed by atoms with van der Waals surface area (Å²) in [5.41, 5.74) is 7.52. The van der Waals surface area contributed by atoms with Crippen LogP contribution in [0.1, 0.15) is 37.9 Å². The largest absolute Gasteiger partial charge is 0.325 e. The van der Waals surface area contributed by atoms with E-state index in [0.29, 0.717) is 0 Å². The van der Waals surface area contributed by atoms with Crippen molar-refractivity contribution in [2.75, 3.05) is 0 Å². The van der Waals surface area contributed by atoms with E-state index in [1.54, 1.807) is 6.33 Å². The molecule has 0 atom stereocenters. The number of rotatable bonds is 3. The molecule has 0 radical (unpaired) electrons. The van der Waals surface area contributed by atoms with Crippen LogP contribution in [0.3, 0.4) is 0 Å². The molecular formula is C15H20N4. The van der Waals surface area contributed by atoms with Gasteiger partial charge in [-0.3, -0.25) is 4.57 Å². The lowest BCUT2D eigenvalue weighted by atomic mass is 9.80. The normalized spacial score (nSPS) is 18.4. The first-order valence-electron chi connectivity index (χ1n) is 7.00. The summed E-state index contributed by atoms with van der Waals surface area (Å²) in [6.07, 6.45) is 8.54. The number of benzene rings is 1.